The van der Waals surface area contributed by atoms with Crippen molar-refractivity contribution < 1.29 is 29.1 Å². The van der Waals surface area contributed by atoms with Crippen molar-refractivity contribution in [3.8, 4) is 0 Å². The first-order chi connectivity index (χ1) is 17.7. The third kappa shape index (κ3) is 5.70. The minimum Gasteiger partial charge on any atom is -0.477 e. The summed E-state index contributed by atoms with van der Waals surface area (Å²) in [6.45, 7) is -0.419. The van der Waals surface area contributed by atoms with Crippen LogP contribution in [0.4, 0.5) is 4.79 Å². The third-order valence-corrected chi connectivity index (χ3v) is 8.67. The number of carbonyl (C=O) groups is 5. The zero-order valence-corrected chi connectivity index (χ0v) is 21.6. The van der Waals surface area contributed by atoms with Crippen molar-refractivity contribution in [2.24, 2.45) is 12.8 Å². The molecule has 37 heavy (non-hydrogen) atoms. The first-order valence-electron chi connectivity index (χ1n) is 10.6. The highest BCUT2D eigenvalue weighted by atomic mass is 32.2. The predicted octanol–water partition coefficient (Wildman–Crippen LogP) is -1.37. The molecule has 2 aliphatic rings. The van der Waals surface area contributed by atoms with Crippen LogP contribution >= 0.6 is 34.9 Å². The Balaban J connectivity index is 1.45. The molecule has 0 bridgehead atoms. The number of carboxylic acids is 1. The van der Waals surface area contributed by atoms with E-state index < -0.39 is 53.7 Å². The number of carbonyl (C=O) groups excluding carboxylic acids is 4. The number of β-lactam (4-membered cyclic amide) rings is 1. The lowest BCUT2D eigenvalue weighted by atomic mass is 10.0. The Bertz CT molecular complexity index is 1260. The molecule has 2 aromatic heterocycles. The monoisotopic (exact) mass is 567 g/mol. The summed E-state index contributed by atoms with van der Waals surface area (Å²) in [5.74, 6) is -2.65. The Kier molecular flexibility index (Phi) is 7.98. The van der Waals surface area contributed by atoms with Gasteiger partial charge in [-0.15, -0.1) is 28.2 Å². The summed E-state index contributed by atoms with van der Waals surface area (Å²) in [5.41, 5.74) is 5.43. The number of rotatable bonds is 10. The van der Waals surface area contributed by atoms with E-state index in [1.165, 1.54) is 44.4 Å². The van der Waals surface area contributed by atoms with Crippen molar-refractivity contribution in [1.82, 2.24) is 41.1 Å². The summed E-state index contributed by atoms with van der Waals surface area (Å²) >= 11 is 3.78. The number of thioether (sulfide) groups is 2. The minimum atomic E-state index is -1.25. The van der Waals surface area contributed by atoms with Crippen LogP contribution < -0.4 is 21.7 Å². The molecule has 6 N–H and O–H groups in total. The van der Waals surface area contributed by atoms with E-state index in [2.05, 4.69) is 31.5 Å². The van der Waals surface area contributed by atoms with Crippen LogP contribution in [0.3, 0.4) is 0 Å². The van der Waals surface area contributed by atoms with Crippen LogP contribution in [0.1, 0.15) is 10.9 Å². The number of carboxylic acid groups (broad SMARTS) is 1. The molecule has 4 heterocycles. The SMILES string of the molecule is Cn1nnnc1SCC1=C(C(=O)O)N2C(=O)[C@H](NC(=O)C(NC(=O)NCC(N)=O)c3cccs3)C2SC1. The predicted molar refractivity (Wildman–Crippen MR) is 132 cm³/mol. The Hall–Kier alpha value is -3.64. The molecule has 0 radical (unpaired) electrons. The molecule has 1 fully saturated rings. The van der Waals surface area contributed by atoms with E-state index in [9.17, 15) is 29.1 Å². The van der Waals surface area contributed by atoms with Crippen LogP contribution in [0.5, 0.6) is 0 Å². The lowest BCUT2D eigenvalue weighted by Gasteiger charge is -2.49. The van der Waals surface area contributed by atoms with Gasteiger partial charge in [0.05, 0.1) is 6.54 Å². The van der Waals surface area contributed by atoms with Gasteiger partial charge in [-0.3, -0.25) is 19.3 Å². The summed E-state index contributed by atoms with van der Waals surface area (Å²) in [6.07, 6.45) is 0. The quantitative estimate of drug-likeness (QED) is 0.167. The molecule has 0 aromatic carbocycles. The van der Waals surface area contributed by atoms with Gasteiger partial charge in [-0.05, 0) is 27.4 Å². The number of tetrazole rings is 1. The van der Waals surface area contributed by atoms with Gasteiger partial charge in [-0.25, -0.2) is 14.3 Å². The van der Waals surface area contributed by atoms with Crippen molar-refractivity contribution in [3.05, 3.63) is 33.7 Å². The molecule has 15 nitrogen and oxygen atoms in total. The molecule has 18 heteroatoms. The second-order valence-electron chi connectivity index (χ2n) is 7.77. The second kappa shape index (κ2) is 11.2. The lowest BCUT2D eigenvalue weighted by Crippen LogP contribution is -2.71. The molecule has 2 aliphatic heterocycles. The van der Waals surface area contributed by atoms with E-state index in [1.54, 1.807) is 24.6 Å². The Labute approximate surface area is 221 Å². The fraction of sp³-hybridized carbons (Fsp3) is 0.368. The van der Waals surface area contributed by atoms with Crippen molar-refractivity contribution in [2.75, 3.05) is 18.1 Å². The molecule has 4 rings (SSSR count). The summed E-state index contributed by atoms with van der Waals surface area (Å²) in [5, 5.41) is 29.9. The van der Waals surface area contributed by atoms with Crippen molar-refractivity contribution >= 4 is 64.6 Å². The molecular weight excluding hydrogens is 546 g/mol. The second-order valence-corrected chi connectivity index (χ2v) is 10.8. The van der Waals surface area contributed by atoms with Crippen molar-refractivity contribution in [1.29, 1.82) is 0 Å². The van der Waals surface area contributed by atoms with Crippen LogP contribution in [0.2, 0.25) is 0 Å². The molecule has 2 unspecified atom stereocenters. The van der Waals surface area contributed by atoms with E-state index >= 15 is 0 Å². The molecule has 196 valence electrons. The van der Waals surface area contributed by atoms with Crippen LogP contribution in [-0.4, -0.2) is 89.4 Å². The number of nitrogens with two attached hydrogens (primary N) is 1. The highest BCUT2D eigenvalue weighted by Crippen LogP contribution is 2.41. The molecule has 0 spiro atoms. The van der Waals surface area contributed by atoms with Crippen molar-refractivity contribution in [3.63, 3.8) is 0 Å². The fourth-order valence-electron chi connectivity index (χ4n) is 3.60. The number of aliphatic carboxylic acids is 1. The smallest absolute Gasteiger partial charge is 0.352 e. The van der Waals surface area contributed by atoms with E-state index in [-0.39, 0.29) is 11.4 Å². The average molecular weight is 568 g/mol. The number of nitrogens with one attached hydrogen (secondary N) is 3. The van der Waals surface area contributed by atoms with Crippen LogP contribution in [-0.2, 0) is 26.2 Å². The maximum Gasteiger partial charge on any atom is 0.352 e. The standard InChI is InChI=1S/C19H21N9O6S3/c1-27-19(24-25-26-27)37-7-8-6-36-16-12(15(31)28(16)13(8)17(32)33)22-14(30)11(9-3-2-4-35-9)23-18(34)21-5-10(20)29/h2-4,11-12,16H,5-7H2,1H3,(H2,20,29)(H,22,30)(H,32,33)(H2,21,23,34)/t11?,12-,16?/m0/s1. The number of aryl methyl sites for hydroxylation is 1. The van der Waals surface area contributed by atoms with E-state index in [4.69, 9.17) is 5.73 Å². The number of fused-ring (bicyclic) bond motifs is 1. The first-order valence-corrected chi connectivity index (χ1v) is 13.5. The number of nitrogens with zero attached hydrogens (tertiary/aromatic N) is 5. The zero-order chi connectivity index (χ0) is 26.7. The fourth-order valence-corrected chi connectivity index (χ4v) is 6.71. The highest BCUT2D eigenvalue weighted by Gasteiger charge is 2.54. The Morgan fingerprint density at radius 3 is 2.76 bits per heavy atom. The highest BCUT2D eigenvalue weighted by molar-refractivity contribution is 8.01. The molecular formula is C19H21N9O6S3. The molecule has 0 saturated carbocycles. The van der Waals surface area contributed by atoms with E-state index in [0.29, 0.717) is 21.4 Å². The van der Waals surface area contributed by atoms with Gasteiger partial charge < -0.3 is 26.8 Å². The van der Waals surface area contributed by atoms with Gasteiger partial charge >= 0.3 is 12.0 Å². The summed E-state index contributed by atoms with van der Waals surface area (Å²) in [4.78, 5) is 62.9. The van der Waals surface area contributed by atoms with Crippen LogP contribution in [0.15, 0.2) is 33.9 Å². The van der Waals surface area contributed by atoms with Gasteiger partial charge in [0.25, 0.3) is 5.91 Å². The number of amides is 5. The minimum absolute atomic E-state index is 0.124. The largest absolute Gasteiger partial charge is 0.477 e. The Morgan fingerprint density at radius 1 is 1.35 bits per heavy atom. The number of aromatic nitrogens is 4. The lowest BCUT2D eigenvalue weighted by molar-refractivity contribution is -0.150. The van der Waals surface area contributed by atoms with Crippen LogP contribution in [0.25, 0.3) is 0 Å². The number of primary amides is 1. The van der Waals surface area contributed by atoms with Gasteiger partial charge in [-0.1, -0.05) is 17.8 Å². The maximum absolute atomic E-state index is 13.1. The molecule has 5 amide bonds. The number of urea groups is 1. The molecule has 1 saturated heterocycles. The topological polar surface area (TPSA) is 215 Å². The zero-order valence-electron chi connectivity index (χ0n) is 19.1. The molecule has 3 atom stereocenters. The summed E-state index contributed by atoms with van der Waals surface area (Å²) in [6, 6.07) is 0.399. The first kappa shape index (κ1) is 26.4. The molecule has 2 aromatic rings. The van der Waals surface area contributed by atoms with Gasteiger partial charge in [0, 0.05) is 23.4 Å². The van der Waals surface area contributed by atoms with E-state index in [0.717, 1.165) is 0 Å². The Morgan fingerprint density at radius 2 is 2.14 bits per heavy atom. The van der Waals surface area contributed by atoms with Gasteiger partial charge in [0.1, 0.15) is 23.2 Å². The van der Waals surface area contributed by atoms with Gasteiger partial charge in [-0.2, -0.15) is 0 Å². The molecule has 0 aliphatic carbocycles. The third-order valence-electron chi connectivity index (χ3n) is 5.29. The van der Waals surface area contributed by atoms with Crippen molar-refractivity contribution in [2.45, 2.75) is 22.6 Å². The van der Waals surface area contributed by atoms with Crippen LogP contribution in [0, 0.1) is 0 Å². The van der Waals surface area contributed by atoms with E-state index in [1.807, 2.05) is 0 Å². The van der Waals surface area contributed by atoms with Gasteiger partial charge in [0.2, 0.25) is 17.0 Å². The maximum atomic E-state index is 13.1. The number of thiophene rings is 1. The average Bonchev–Trinajstić information content (AvgIpc) is 3.54. The van der Waals surface area contributed by atoms with Gasteiger partial charge in [0.15, 0.2) is 0 Å². The number of hydrogen-bond acceptors (Lipinski definition) is 11. The summed E-state index contributed by atoms with van der Waals surface area (Å²) in [7, 11) is 1.66. The normalized spacial score (nSPS) is 19.5. The number of hydrogen-bond donors (Lipinski definition) is 5. The summed E-state index contributed by atoms with van der Waals surface area (Å²) < 4.78 is 1.46.